The van der Waals surface area contributed by atoms with Gasteiger partial charge in [0, 0.05) is 73.6 Å². The number of oxazole rings is 1. The van der Waals surface area contributed by atoms with Crippen LogP contribution in [0.3, 0.4) is 0 Å². The zero-order chi connectivity index (χ0) is 30.5. The molecule has 12 heteroatoms. The molecular formula is C31H38N6O6. The maximum absolute atomic E-state index is 13.3. The van der Waals surface area contributed by atoms with Gasteiger partial charge in [-0.1, -0.05) is 0 Å². The second-order valence-electron chi connectivity index (χ2n) is 10.9. The molecule has 0 spiro atoms. The molecular weight excluding hydrogens is 552 g/mol. The molecule has 2 N–H and O–H groups in total. The number of piperazine rings is 1. The summed E-state index contributed by atoms with van der Waals surface area (Å²) in [7, 11) is 2.73. The van der Waals surface area contributed by atoms with Gasteiger partial charge in [-0.05, 0) is 56.9 Å². The molecule has 4 heterocycles. The highest BCUT2D eigenvalue weighted by atomic mass is 16.5. The highest BCUT2D eigenvalue weighted by Gasteiger charge is 2.27. The van der Waals surface area contributed by atoms with E-state index in [4.69, 9.17) is 24.0 Å². The van der Waals surface area contributed by atoms with Crippen LogP contribution in [-0.4, -0.2) is 97.1 Å². The Hall–Kier alpha value is -4.29. The molecule has 2 aliphatic rings. The number of carbonyl (C=O) groups excluding carboxylic acids is 2. The number of esters is 1. The van der Waals surface area contributed by atoms with Gasteiger partial charge < -0.3 is 34.3 Å². The van der Waals surface area contributed by atoms with Gasteiger partial charge in [-0.15, -0.1) is 0 Å². The molecule has 0 bridgehead atoms. The summed E-state index contributed by atoms with van der Waals surface area (Å²) in [4.78, 5) is 38.7. The minimum Gasteiger partial charge on any atom is -0.480 e. The highest BCUT2D eigenvalue weighted by Crippen LogP contribution is 2.36. The van der Waals surface area contributed by atoms with E-state index in [2.05, 4.69) is 34.0 Å². The Labute approximate surface area is 250 Å². The Morgan fingerprint density at radius 2 is 1.86 bits per heavy atom. The predicted molar refractivity (Wildman–Crippen MR) is 161 cm³/mol. The van der Waals surface area contributed by atoms with Crippen molar-refractivity contribution in [3.8, 4) is 28.5 Å². The van der Waals surface area contributed by atoms with Crippen LogP contribution in [0, 0.1) is 5.41 Å². The van der Waals surface area contributed by atoms with Gasteiger partial charge in [-0.25, -0.2) is 14.8 Å². The van der Waals surface area contributed by atoms with E-state index in [-0.39, 0.29) is 35.2 Å². The van der Waals surface area contributed by atoms with E-state index in [1.165, 1.54) is 26.6 Å². The zero-order valence-electron chi connectivity index (χ0n) is 25.0. The van der Waals surface area contributed by atoms with Crippen LogP contribution in [0.4, 0.5) is 5.69 Å². The van der Waals surface area contributed by atoms with Crippen molar-refractivity contribution in [1.29, 1.82) is 5.41 Å². The number of hydrogen-bond acceptors (Lipinski definition) is 11. The molecule has 0 saturated carbocycles. The number of hydrogen-bond donors (Lipinski definition) is 2. The third-order valence-electron chi connectivity index (χ3n) is 7.88. The van der Waals surface area contributed by atoms with Crippen molar-refractivity contribution in [3.63, 3.8) is 0 Å². The molecule has 228 valence electrons. The summed E-state index contributed by atoms with van der Waals surface area (Å²) < 4.78 is 22.2. The van der Waals surface area contributed by atoms with Crippen LogP contribution in [0.25, 0.3) is 22.6 Å². The summed E-state index contributed by atoms with van der Waals surface area (Å²) in [6.45, 7) is 7.76. The van der Waals surface area contributed by atoms with Gasteiger partial charge in [0.15, 0.2) is 0 Å². The largest absolute Gasteiger partial charge is 0.480 e. The number of pyridine rings is 1. The number of anilines is 1. The molecule has 1 atom stereocenters. The Morgan fingerprint density at radius 1 is 1.07 bits per heavy atom. The summed E-state index contributed by atoms with van der Waals surface area (Å²) in [5.41, 5.74) is 3.11. The fourth-order valence-corrected chi connectivity index (χ4v) is 5.42. The summed E-state index contributed by atoms with van der Waals surface area (Å²) in [6.07, 6.45) is 6.86. The number of amides is 1. The maximum atomic E-state index is 13.3. The SMILES string of the molecule is COC(=O)c1cc(-c2cc(NC3CCCCO3)c(C=N)c(-c3ncc(C(=O)N4CCN(C(C)C)CC4)o3)c2)cnc1OC. The topological polar surface area (TPSA) is 143 Å². The van der Waals surface area contributed by atoms with Crippen molar-refractivity contribution in [2.45, 2.75) is 45.4 Å². The molecule has 0 radical (unpaired) electrons. The van der Waals surface area contributed by atoms with Gasteiger partial charge in [0.2, 0.25) is 17.5 Å². The molecule has 1 aromatic carbocycles. The quantitative estimate of drug-likeness (QED) is 0.273. The Kier molecular flexibility index (Phi) is 9.37. The van der Waals surface area contributed by atoms with Crippen molar-refractivity contribution in [1.82, 2.24) is 19.8 Å². The predicted octanol–water partition coefficient (Wildman–Crippen LogP) is 4.30. The summed E-state index contributed by atoms with van der Waals surface area (Å²) in [6, 6.07) is 5.74. The summed E-state index contributed by atoms with van der Waals surface area (Å²) >= 11 is 0. The maximum Gasteiger partial charge on any atom is 0.343 e. The molecule has 12 nitrogen and oxygen atoms in total. The molecule has 1 unspecified atom stereocenters. The number of benzene rings is 1. The minimum absolute atomic E-state index is 0.138. The van der Waals surface area contributed by atoms with E-state index in [0.29, 0.717) is 53.7 Å². The van der Waals surface area contributed by atoms with Gasteiger partial charge in [-0.2, -0.15) is 0 Å². The molecule has 5 rings (SSSR count). The van der Waals surface area contributed by atoms with E-state index in [9.17, 15) is 9.59 Å². The first-order valence-electron chi connectivity index (χ1n) is 14.5. The van der Waals surface area contributed by atoms with Gasteiger partial charge in [0.25, 0.3) is 5.91 Å². The van der Waals surface area contributed by atoms with Gasteiger partial charge in [0.1, 0.15) is 11.8 Å². The first-order valence-corrected chi connectivity index (χ1v) is 14.5. The molecule has 3 aromatic rings. The Bertz CT molecular complexity index is 1470. The summed E-state index contributed by atoms with van der Waals surface area (Å²) in [5, 5.41) is 11.7. The monoisotopic (exact) mass is 590 g/mol. The molecule has 2 saturated heterocycles. The van der Waals surface area contributed by atoms with Crippen LogP contribution < -0.4 is 10.1 Å². The standard InChI is InChI=1S/C31H38N6O6/c1-19(2)36-8-10-37(11-9-36)30(38)26-18-34-29(43-26)22-13-20(21-14-23(31(39)41-4)28(40-3)33-17-21)15-25(24(22)16-32)35-27-7-5-6-12-42-27/h13-19,27,32,35H,5-12H2,1-4H3. The van der Waals surface area contributed by atoms with Crippen molar-refractivity contribution in [2.24, 2.45) is 0 Å². The van der Waals surface area contributed by atoms with E-state index in [1.54, 1.807) is 23.2 Å². The van der Waals surface area contributed by atoms with Crippen LogP contribution >= 0.6 is 0 Å². The average molecular weight is 591 g/mol. The van der Waals surface area contributed by atoms with Gasteiger partial charge >= 0.3 is 5.97 Å². The number of aromatic nitrogens is 2. The van der Waals surface area contributed by atoms with Crippen molar-refractivity contribution >= 4 is 23.8 Å². The smallest absolute Gasteiger partial charge is 0.343 e. The van der Waals surface area contributed by atoms with Crippen LogP contribution in [-0.2, 0) is 9.47 Å². The number of nitrogens with zero attached hydrogens (tertiary/aromatic N) is 4. The molecule has 43 heavy (non-hydrogen) atoms. The average Bonchev–Trinajstić information content (AvgIpc) is 3.54. The van der Waals surface area contributed by atoms with E-state index < -0.39 is 5.97 Å². The fraction of sp³-hybridized carbons (Fsp3) is 0.452. The van der Waals surface area contributed by atoms with Gasteiger partial charge in [-0.3, -0.25) is 9.69 Å². The molecule has 1 amide bonds. The Balaban J connectivity index is 1.53. The van der Waals surface area contributed by atoms with Crippen molar-refractivity contribution in [2.75, 3.05) is 52.3 Å². The summed E-state index contributed by atoms with van der Waals surface area (Å²) in [5.74, 6) is -0.316. The van der Waals surface area contributed by atoms with Crippen LogP contribution in [0.2, 0.25) is 0 Å². The zero-order valence-corrected chi connectivity index (χ0v) is 25.0. The van der Waals surface area contributed by atoms with Crippen LogP contribution in [0.15, 0.2) is 35.0 Å². The number of methoxy groups -OCH3 is 2. The van der Waals surface area contributed by atoms with Crippen molar-refractivity contribution in [3.05, 3.63) is 47.5 Å². The van der Waals surface area contributed by atoms with E-state index in [1.807, 2.05) is 6.07 Å². The van der Waals surface area contributed by atoms with E-state index >= 15 is 0 Å². The third kappa shape index (κ3) is 6.55. The fourth-order valence-electron chi connectivity index (χ4n) is 5.42. The van der Waals surface area contributed by atoms with Crippen LogP contribution in [0.1, 0.15) is 59.6 Å². The normalized spacial score (nSPS) is 17.5. The molecule has 2 aliphatic heterocycles. The lowest BCUT2D eigenvalue weighted by Gasteiger charge is -2.36. The second kappa shape index (κ2) is 13.3. The van der Waals surface area contributed by atoms with Crippen molar-refractivity contribution < 1.29 is 28.2 Å². The lowest BCUT2D eigenvalue weighted by atomic mass is 9.97. The number of rotatable bonds is 9. The van der Waals surface area contributed by atoms with Gasteiger partial charge in [0.05, 0.1) is 20.4 Å². The number of nitrogens with one attached hydrogen (secondary N) is 2. The molecule has 2 aromatic heterocycles. The first kappa shape index (κ1) is 30.2. The number of carbonyl (C=O) groups is 2. The first-order chi connectivity index (χ1) is 20.8. The van der Waals surface area contributed by atoms with Crippen LogP contribution in [0.5, 0.6) is 5.88 Å². The lowest BCUT2D eigenvalue weighted by molar-refractivity contribution is 0.0343. The second-order valence-corrected chi connectivity index (χ2v) is 10.9. The lowest BCUT2D eigenvalue weighted by Crippen LogP contribution is -2.50. The number of ether oxygens (including phenoxy) is 3. The Morgan fingerprint density at radius 3 is 2.51 bits per heavy atom. The molecule has 0 aliphatic carbocycles. The third-order valence-corrected chi connectivity index (χ3v) is 7.88. The van der Waals surface area contributed by atoms with E-state index in [0.717, 1.165) is 32.4 Å². The minimum atomic E-state index is -0.582. The molecule has 2 fully saturated rings. The highest BCUT2D eigenvalue weighted by molar-refractivity contribution is 5.98.